The second-order valence-corrected chi connectivity index (χ2v) is 7.51. The number of imidazole rings is 1. The van der Waals surface area contributed by atoms with Crippen LogP contribution in [0.5, 0.6) is 5.75 Å². The molecule has 158 valence electrons. The minimum Gasteiger partial charge on any atom is -0.489 e. The minimum atomic E-state index is -0.270. The number of hydrogen-bond acceptors (Lipinski definition) is 3. The van der Waals surface area contributed by atoms with Gasteiger partial charge in [-0.05, 0) is 47.9 Å². The summed E-state index contributed by atoms with van der Waals surface area (Å²) in [6.45, 7) is 2.69. The van der Waals surface area contributed by atoms with E-state index in [1.54, 1.807) is 34.9 Å². The third-order valence-electron chi connectivity index (χ3n) is 4.91. The van der Waals surface area contributed by atoms with E-state index in [2.05, 4.69) is 10.3 Å². The highest BCUT2D eigenvalue weighted by atomic mass is 35.5. The number of hydrogen-bond donors (Lipinski definition) is 1. The molecular weight excluding hydrogens is 417 g/mol. The Morgan fingerprint density at radius 2 is 1.81 bits per heavy atom. The standard InChI is InChI=1S/C24H21ClFN3O2/c1-2-21-23(29-12-11-18(25)13-22(29)28-21)24(30)27-14-16-5-9-20(10-6-16)31-15-17-3-7-19(26)8-4-17/h3-13H,2,14-15H2,1H3,(H,27,30). The highest BCUT2D eigenvalue weighted by Crippen LogP contribution is 2.18. The number of ether oxygens (including phenoxy) is 1. The maximum atomic E-state index is 13.0. The van der Waals surface area contributed by atoms with Gasteiger partial charge in [0.1, 0.15) is 29.5 Å². The summed E-state index contributed by atoms with van der Waals surface area (Å²) in [5, 5.41) is 3.53. The summed E-state index contributed by atoms with van der Waals surface area (Å²) in [7, 11) is 0. The second kappa shape index (κ2) is 9.18. The molecule has 4 rings (SSSR count). The first kappa shape index (κ1) is 20.9. The molecule has 0 fully saturated rings. The fraction of sp³-hybridized carbons (Fsp3) is 0.167. The number of carbonyl (C=O) groups is 1. The molecule has 31 heavy (non-hydrogen) atoms. The lowest BCUT2D eigenvalue weighted by atomic mass is 10.2. The topological polar surface area (TPSA) is 55.6 Å². The molecule has 0 radical (unpaired) electrons. The number of pyridine rings is 1. The number of rotatable bonds is 7. The fourth-order valence-corrected chi connectivity index (χ4v) is 3.43. The molecule has 1 amide bonds. The lowest BCUT2D eigenvalue weighted by molar-refractivity contribution is 0.0944. The number of fused-ring (bicyclic) bond motifs is 1. The molecule has 0 aliphatic rings. The summed E-state index contributed by atoms with van der Waals surface area (Å²) in [5.74, 6) is 0.239. The van der Waals surface area contributed by atoms with Gasteiger partial charge in [-0.1, -0.05) is 42.8 Å². The van der Waals surface area contributed by atoms with Crippen molar-refractivity contribution < 1.29 is 13.9 Å². The molecule has 0 aliphatic heterocycles. The van der Waals surface area contributed by atoms with Crippen LogP contribution in [0.25, 0.3) is 5.65 Å². The van der Waals surface area contributed by atoms with E-state index < -0.39 is 0 Å². The first-order valence-corrected chi connectivity index (χ1v) is 10.3. The molecule has 0 atom stereocenters. The minimum absolute atomic E-state index is 0.191. The van der Waals surface area contributed by atoms with E-state index >= 15 is 0 Å². The zero-order chi connectivity index (χ0) is 21.8. The predicted octanol–water partition coefficient (Wildman–Crippen LogP) is 5.20. The van der Waals surface area contributed by atoms with E-state index in [0.717, 1.165) is 16.8 Å². The van der Waals surface area contributed by atoms with Crippen molar-refractivity contribution in [2.75, 3.05) is 0 Å². The van der Waals surface area contributed by atoms with Gasteiger partial charge in [0.2, 0.25) is 0 Å². The van der Waals surface area contributed by atoms with Crippen molar-refractivity contribution in [2.45, 2.75) is 26.5 Å². The molecule has 4 aromatic rings. The number of nitrogens with zero attached hydrogens (tertiary/aromatic N) is 2. The number of benzene rings is 2. The van der Waals surface area contributed by atoms with E-state index in [1.807, 2.05) is 31.2 Å². The summed E-state index contributed by atoms with van der Waals surface area (Å²) in [4.78, 5) is 17.4. The van der Waals surface area contributed by atoms with Crippen LogP contribution in [-0.4, -0.2) is 15.3 Å². The van der Waals surface area contributed by atoms with Gasteiger partial charge in [-0.15, -0.1) is 0 Å². The van der Waals surface area contributed by atoms with E-state index in [4.69, 9.17) is 16.3 Å². The molecule has 7 heteroatoms. The van der Waals surface area contributed by atoms with Crippen molar-refractivity contribution in [2.24, 2.45) is 0 Å². The molecule has 2 aromatic heterocycles. The van der Waals surface area contributed by atoms with Gasteiger partial charge < -0.3 is 10.1 Å². The van der Waals surface area contributed by atoms with Gasteiger partial charge in [0.15, 0.2) is 0 Å². The average Bonchev–Trinajstić information content (AvgIpc) is 3.15. The maximum Gasteiger partial charge on any atom is 0.270 e. The maximum absolute atomic E-state index is 13.0. The number of nitrogens with one attached hydrogen (secondary N) is 1. The van der Waals surface area contributed by atoms with Crippen LogP contribution in [-0.2, 0) is 19.6 Å². The number of amides is 1. The van der Waals surface area contributed by atoms with Crippen molar-refractivity contribution in [3.63, 3.8) is 0 Å². The van der Waals surface area contributed by atoms with Crippen LogP contribution in [0.15, 0.2) is 66.9 Å². The van der Waals surface area contributed by atoms with Gasteiger partial charge in [0.05, 0.1) is 5.69 Å². The number of halogens is 2. The van der Waals surface area contributed by atoms with Gasteiger partial charge in [-0.25, -0.2) is 9.37 Å². The Kier molecular flexibility index (Phi) is 6.18. The van der Waals surface area contributed by atoms with E-state index in [9.17, 15) is 9.18 Å². The van der Waals surface area contributed by atoms with Crippen LogP contribution in [0.4, 0.5) is 4.39 Å². The molecule has 0 unspecified atom stereocenters. The first-order valence-electron chi connectivity index (χ1n) is 9.94. The summed E-state index contributed by atoms with van der Waals surface area (Å²) >= 11 is 6.04. The van der Waals surface area contributed by atoms with Crippen molar-refractivity contribution in [1.29, 1.82) is 0 Å². The molecule has 0 aliphatic carbocycles. The zero-order valence-corrected chi connectivity index (χ0v) is 17.7. The molecule has 0 saturated carbocycles. The first-order chi connectivity index (χ1) is 15.0. The molecular formula is C24H21ClFN3O2. The average molecular weight is 438 g/mol. The van der Waals surface area contributed by atoms with E-state index in [1.165, 1.54) is 12.1 Å². The van der Waals surface area contributed by atoms with E-state index in [-0.39, 0.29) is 11.7 Å². The normalized spacial score (nSPS) is 10.9. The summed E-state index contributed by atoms with van der Waals surface area (Å²) in [5.41, 5.74) is 3.73. The molecule has 1 N–H and O–H groups in total. The SMILES string of the molecule is CCc1nc2cc(Cl)ccn2c1C(=O)NCc1ccc(OCc2ccc(F)cc2)cc1. The lowest BCUT2D eigenvalue weighted by Crippen LogP contribution is -2.25. The molecule has 2 aromatic carbocycles. The summed E-state index contributed by atoms with van der Waals surface area (Å²) in [6, 6.07) is 17.2. The molecule has 2 heterocycles. The van der Waals surface area contributed by atoms with Crippen LogP contribution < -0.4 is 10.1 Å². The smallest absolute Gasteiger partial charge is 0.270 e. The predicted molar refractivity (Wildman–Crippen MR) is 118 cm³/mol. The Bertz CT molecular complexity index is 1200. The number of aromatic nitrogens is 2. The summed E-state index contributed by atoms with van der Waals surface area (Å²) in [6.07, 6.45) is 2.40. The fourth-order valence-electron chi connectivity index (χ4n) is 3.27. The van der Waals surface area contributed by atoms with E-state index in [0.29, 0.717) is 41.7 Å². The second-order valence-electron chi connectivity index (χ2n) is 7.08. The zero-order valence-electron chi connectivity index (χ0n) is 16.9. The lowest BCUT2D eigenvalue weighted by Gasteiger charge is -2.09. The Morgan fingerprint density at radius 3 is 2.52 bits per heavy atom. The van der Waals surface area contributed by atoms with Crippen LogP contribution in [0, 0.1) is 5.82 Å². The molecule has 0 spiro atoms. The molecule has 5 nitrogen and oxygen atoms in total. The number of carbonyl (C=O) groups excluding carboxylic acids is 1. The molecule has 0 bridgehead atoms. The van der Waals surface area contributed by atoms with Crippen LogP contribution in [0.3, 0.4) is 0 Å². The highest BCUT2D eigenvalue weighted by molar-refractivity contribution is 6.30. The largest absolute Gasteiger partial charge is 0.489 e. The Hall–Kier alpha value is -3.38. The van der Waals surface area contributed by atoms with Crippen LogP contribution >= 0.6 is 11.6 Å². The third-order valence-corrected chi connectivity index (χ3v) is 5.14. The van der Waals surface area contributed by atoms with Gasteiger partial charge in [-0.2, -0.15) is 0 Å². The van der Waals surface area contributed by atoms with Crippen LogP contribution in [0.2, 0.25) is 5.02 Å². The van der Waals surface area contributed by atoms with Crippen LogP contribution in [0.1, 0.15) is 34.2 Å². The van der Waals surface area contributed by atoms with Crippen molar-refractivity contribution in [3.05, 3.63) is 100 Å². The highest BCUT2D eigenvalue weighted by Gasteiger charge is 2.18. The number of aryl methyl sites for hydroxylation is 1. The monoisotopic (exact) mass is 437 g/mol. The Labute approximate surface area is 184 Å². The van der Waals surface area contributed by atoms with Crippen molar-refractivity contribution >= 4 is 23.2 Å². The van der Waals surface area contributed by atoms with Crippen molar-refractivity contribution in [1.82, 2.24) is 14.7 Å². The van der Waals surface area contributed by atoms with Gasteiger partial charge >= 0.3 is 0 Å². The van der Waals surface area contributed by atoms with Gasteiger partial charge in [0, 0.05) is 23.8 Å². The van der Waals surface area contributed by atoms with Gasteiger partial charge in [0.25, 0.3) is 5.91 Å². The molecule has 0 saturated heterocycles. The van der Waals surface area contributed by atoms with Gasteiger partial charge in [-0.3, -0.25) is 9.20 Å². The summed E-state index contributed by atoms with van der Waals surface area (Å²) < 4.78 is 20.5. The third kappa shape index (κ3) is 4.86. The Balaban J connectivity index is 1.38. The quantitative estimate of drug-likeness (QED) is 0.432. The van der Waals surface area contributed by atoms with Crippen molar-refractivity contribution in [3.8, 4) is 5.75 Å². The Morgan fingerprint density at radius 1 is 1.10 bits per heavy atom.